The van der Waals surface area contributed by atoms with Crippen molar-refractivity contribution in [3.05, 3.63) is 68.1 Å². The summed E-state index contributed by atoms with van der Waals surface area (Å²) in [7, 11) is 0. The zero-order valence-electron chi connectivity index (χ0n) is 11.0. The Hall–Kier alpha value is -1.36. The maximum atomic E-state index is 11.9. The molecule has 0 fully saturated rings. The number of carbonyl (C=O) groups is 1. The molecule has 1 N–H and O–H groups in total. The fourth-order valence-corrected chi connectivity index (χ4v) is 2.15. The number of hydrazone groups is 1. The summed E-state index contributed by atoms with van der Waals surface area (Å²) in [6, 6.07) is 12.2. The molecule has 0 aliphatic carbocycles. The number of hydrogen-bond donors (Lipinski definition) is 1. The average Bonchev–Trinajstić information content (AvgIpc) is 2.48. The molecule has 0 bridgehead atoms. The standard InChI is InChI=1S/C15H11BrCl2N2O/c1-9(11-4-7-13(17)14(18)8-11)19-20-15(21)10-2-5-12(16)6-3-10/h2-8H,1H3,(H,20,21). The van der Waals surface area contributed by atoms with E-state index in [9.17, 15) is 4.79 Å². The van der Waals surface area contributed by atoms with Crippen LogP contribution in [0, 0.1) is 0 Å². The van der Waals surface area contributed by atoms with E-state index in [0.717, 1.165) is 10.0 Å². The Labute approximate surface area is 141 Å². The van der Waals surface area contributed by atoms with Crippen LogP contribution in [-0.4, -0.2) is 11.6 Å². The molecule has 21 heavy (non-hydrogen) atoms. The van der Waals surface area contributed by atoms with Crippen LogP contribution in [0.2, 0.25) is 10.0 Å². The quantitative estimate of drug-likeness (QED) is 0.591. The van der Waals surface area contributed by atoms with Gasteiger partial charge in [-0.05, 0) is 48.9 Å². The summed E-state index contributed by atoms with van der Waals surface area (Å²) < 4.78 is 0.912. The summed E-state index contributed by atoms with van der Waals surface area (Å²) in [5.74, 6) is -0.276. The van der Waals surface area contributed by atoms with E-state index < -0.39 is 0 Å². The maximum absolute atomic E-state index is 11.9. The topological polar surface area (TPSA) is 41.5 Å². The van der Waals surface area contributed by atoms with Crippen molar-refractivity contribution in [3.63, 3.8) is 0 Å². The minimum atomic E-state index is -0.276. The second-order valence-electron chi connectivity index (χ2n) is 4.27. The summed E-state index contributed by atoms with van der Waals surface area (Å²) in [4.78, 5) is 11.9. The zero-order valence-corrected chi connectivity index (χ0v) is 14.1. The molecule has 2 aromatic carbocycles. The van der Waals surface area contributed by atoms with Gasteiger partial charge in [0.1, 0.15) is 0 Å². The minimum Gasteiger partial charge on any atom is -0.267 e. The summed E-state index contributed by atoms with van der Waals surface area (Å²) >= 11 is 15.1. The van der Waals surface area contributed by atoms with Crippen LogP contribution in [0.5, 0.6) is 0 Å². The van der Waals surface area contributed by atoms with Crippen LogP contribution in [0.15, 0.2) is 52.0 Å². The molecule has 0 unspecified atom stereocenters. The van der Waals surface area contributed by atoms with Crippen LogP contribution in [0.1, 0.15) is 22.8 Å². The number of amides is 1. The smallest absolute Gasteiger partial charge is 0.267 e. The molecule has 108 valence electrons. The fourth-order valence-electron chi connectivity index (χ4n) is 1.59. The Kier molecular flexibility index (Phi) is 5.39. The lowest BCUT2D eigenvalue weighted by Gasteiger charge is -2.04. The van der Waals surface area contributed by atoms with Gasteiger partial charge in [-0.1, -0.05) is 45.2 Å². The largest absolute Gasteiger partial charge is 0.271 e. The van der Waals surface area contributed by atoms with E-state index in [4.69, 9.17) is 23.2 Å². The molecule has 1 amide bonds. The van der Waals surface area contributed by atoms with Gasteiger partial charge in [-0.15, -0.1) is 0 Å². The first-order valence-corrected chi connectivity index (χ1v) is 7.58. The van der Waals surface area contributed by atoms with Crippen molar-refractivity contribution in [3.8, 4) is 0 Å². The molecule has 2 aromatic rings. The highest BCUT2D eigenvalue weighted by Crippen LogP contribution is 2.22. The Morgan fingerprint density at radius 1 is 1.05 bits per heavy atom. The summed E-state index contributed by atoms with van der Waals surface area (Å²) in [6.07, 6.45) is 0. The summed E-state index contributed by atoms with van der Waals surface area (Å²) in [6.45, 7) is 1.78. The predicted molar refractivity (Wildman–Crippen MR) is 90.3 cm³/mol. The fraction of sp³-hybridized carbons (Fsp3) is 0.0667. The molecule has 0 aliphatic rings. The van der Waals surface area contributed by atoms with Crippen LogP contribution in [0.3, 0.4) is 0 Å². The first-order valence-electron chi connectivity index (χ1n) is 6.03. The van der Waals surface area contributed by atoms with Crippen molar-refractivity contribution in [1.82, 2.24) is 5.43 Å². The Balaban J connectivity index is 2.10. The SMILES string of the molecule is CC(=NNC(=O)c1ccc(Br)cc1)c1ccc(Cl)c(Cl)c1. The van der Waals surface area contributed by atoms with E-state index in [2.05, 4.69) is 26.5 Å². The van der Waals surface area contributed by atoms with E-state index in [1.807, 2.05) is 0 Å². The van der Waals surface area contributed by atoms with Crippen LogP contribution in [-0.2, 0) is 0 Å². The lowest BCUT2D eigenvalue weighted by Crippen LogP contribution is -2.19. The van der Waals surface area contributed by atoms with Gasteiger partial charge in [0.2, 0.25) is 0 Å². The van der Waals surface area contributed by atoms with Gasteiger partial charge >= 0.3 is 0 Å². The van der Waals surface area contributed by atoms with Crippen LogP contribution >= 0.6 is 39.1 Å². The number of rotatable bonds is 3. The third kappa shape index (κ3) is 4.30. The van der Waals surface area contributed by atoms with E-state index >= 15 is 0 Å². The molecule has 2 rings (SSSR count). The molecule has 3 nitrogen and oxygen atoms in total. The number of benzene rings is 2. The van der Waals surface area contributed by atoms with Crippen molar-refractivity contribution < 1.29 is 4.79 Å². The van der Waals surface area contributed by atoms with Crippen molar-refractivity contribution in [1.29, 1.82) is 0 Å². The van der Waals surface area contributed by atoms with Gasteiger partial charge in [0.25, 0.3) is 5.91 Å². The predicted octanol–water partition coefficient (Wildman–Crippen LogP) is 4.91. The van der Waals surface area contributed by atoms with Gasteiger partial charge in [0.05, 0.1) is 15.8 Å². The number of nitrogens with one attached hydrogen (secondary N) is 1. The number of carbonyl (C=O) groups excluding carboxylic acids is 1. The molecule has 0 aromatic heterocycles. The number of hydrogen-bond acceptors (Lipinski definition) is 2. The molecular weight excluding hydrogens is 375 g/mol. The normalized spacial score (nSPS) is 11.3. The van der Waals surface area contributed by atoms with Gasteiger partial charge in [0, 0.05) is 10.0 Å². The summed E-state index contributed by atoms with van der Waals surface area (Å²) in [5, 5.41) is 4.99. The highest BCUT2D eigenvalue weighted by Gasteiger charge is 2.06. The Bertz CT molecular complexity index is 699. The minimum absolute atomic E-state index is 0.276. The monoisotopic (exact) mass is 384 g/mol. The van der Waals surface area contributed by atoms with Crippen LogP contribution in [0.25, 0.3) is 0 Å². The van der Waals surface area contributed by atoms with Crippen molar-refractivity contribution in [2.45, 2.75) is 6.92 Å². The van der Waals surface area contributed by atoms with Crippen molar-refractivity contribution in [2.75, 3.05) is 0 Å². The van der Waals surface area contributed by atoms with Crippen molar-refractivity contribution in [2.24, 2.45) is 5.10 Å². The number of halogens is 3. The Morgan fingerprint density at radius 3 is 2.29 bits per heavy atom. The summed E-state index contributed by atoms with van der Waals surface area (Å²) in [5.41, 5.74) is 4.47. The van der Waals surface area contributed by atoms with Gasteiger partial charge in [0.15, 0.2) is 0 Å². The first kappa shape index (κ1) is 16.0. The molecule has 0 radical (unpaired) electrons. The van der Waals surface area contributed by atoms with Gasteiger partial charge in [-0.2, -0.15) is 5.10 Å². The lowest BCUT2D eigenvalue weighted by molar-refractivity contribution is 0.0955. The van der Waals surface area contributed by atoms with Gasteiger partial charge in [-0.3, -0.25) is 4.79 Å². The van der Waals surface area contributed by atoms with E-state index in [1.165, 1.54) is 0 Å². The maximum Gasteiger partial charge on any atom is 0.271 e. The molecule has 6 heteroatoms. The first-order chi connectivity index (χ1) is 9.97. The van der Waals surface area contributed by atoms with Gasteiger partial charge < -0.3 is 0 Å². The highest BCUT2D eigenvalue weighted by molar-refractivity contribution is 9.10. The second-order valence-corrected chi connectivity index (χ2v) is 6.00. The highest BCUT2D eigenvalue weighted by atomic mass is 79.9. The van der Waals surface area contributed by atoms with E-state index in [1.54, 1.807) is 49.4 Å². The molecule has 0 spiro atoms. The molecule has 0 aliphatic heterocycles. The molecule has 0 saturated carbocycles. The molecular formula is C15H11BrCl2N2O. The Morgan fingerprint density at radius 2 is 1.67 bits per heavy atom. The van der Waals surface area contributed by atoms with Crippen LogP contribution < -0.4 is 5.43 Å². The van der Waals surface area contributed by atoms with Gasteiger partial charge in [-0.25, -0.2) is 5.43 Å². The lowest BCUT2D eigenvalue weighted by atomic mass is 10.1. The molecule has 0 heterocycles. The number of nitrogens with zero attached hydrogens (tertiary/aromatic N) is 1. The third-order valence-corrected chi connectivity index (χ3v) is 4.04. The average molecular weight is 386 g/mol. The molecule has 0 saturated heterocycles. The third-order valence-electron chi connectivity index (χ3n) is 2.77. The zero-order chi connectivity index (χ0) is 15.4. The molecule has 0 atom stereocenters. The van der Waals surface area contributed by atoms with E-state index in [-0.39, 0.29) is 5.91 Å². The van der Waals surface area contributed by atoms with E-state index in [0.29, 0.717) is 21.3 Å². The van der Waals surface area contributed by atoms with Crippen molar-refractivity contribution >= 4 is 50.8 Å². The second kappa shape index (κ2) is 7.07. The van der Waals surface area contributed by atoms with Crippen LogP contribution in [0.4, 0.5) is 0 Å².